The van der Waals surface area contributed by atoms with Gasteiger partial charge in [0.1, 0.15) is 0 Å². The molecule has 1 saturated heterocycles. The Morgan fingerprint density at radius 1 is 1.20 bits per heavy atom. The van der Waals surface area contributed by atoms with Crippen molar-refractivity contribution in [2.24, 2.45) is 7.05 Å². The minimum absolute atomic E-state index is 0.000588. The average molecular weight is 554 g/mol. The van der Waals surface area contributed by atoms with Gasteiger partial charge in [0.05, 0.1) is 40.9 Å². The summed E-state index contributed by atoms with van der Waals surface area (Å²) in [6, 6.07) is 11.2. The molecule has 0 bridgehead atoms. The molecule has 1 aliphatic heterocycles. The van der Waals surface area contributed by atoms with Crippen molar-refractivity contribution >= 4 is 62.6 Å². The summed E-state index contributed by atoms with van der Waals surface area (Å²) in [6.45, 7) is 2.31. The summed E-state index contributed by atoms with van der Waals surface area (Å²) < 4.78 is 8.23. The first-order chi connectivity index (χ1) is 14.4. The van der Waals surface area contributed by atoms with Gasteiger partial charge in [-0.3, -0.25) is 4.79 Å². The Bertz CT molecular complexity index is 1190. The van der Waals surface area contributed by atoms with Crippen LogP contribution >= 0.6 is 45.8 Å². The molecule has 0 radical (unpaired) electrons. The van der Waals surface area contributed by atoms with Gasteiger partial charge >= 0.3 is 0 Å². The summed E-state index contributed by atoms with van der Waals surface area (Å²) in [7, 11) is 1.94. The van der Waals surface area contributed by atoms with E-state index in [4.69, 9.17) is 27.9 Å². The number of rotatable bonds is 3. The van der Waals surface area contributed by atoms with Crippen LogP contribution in [0.5, 0.6) is 0 Å². The van der Waals surface area contributed by atoms with E-state index >= 15 is 0 Å². The predicted octanol–water partition coefficient (Wildman–Crippen LogP) is 5.02. The van der Waals surface area contributed by atoms with Gasteiger partial charge in [-0.1, -0.05) is 23.2 Å². The van der Waals surface area contributed by atoms with E-state index in [2.05, 4.69) is 28.7 Å². The van der Waals surface area contributed by atoms with Crippen molar-refractivity contribution < 1.29 is 9.53 Å². The Labute approximate surface area is 198 Å². The first-order valence-corrected chi connectivity index (χ1v) is 11.3. The van der Waals surface area contributed by atoms with Crippen molar-refractivity contribution in [1.29, 1.82) is 5.26 Å². The number of nitriles is 1. The minimum Gasteiger partial charge on any atom is -0.378 e. The third-order valence-corrected chi connectivity index (χ3v) is 7.31. The summed E-state index contributed by atoms with van der Waals surface area (Å²) in [5.74, 6) is -0.000588. The smallest absolute Gasteiger partial charge is 0.255 e. The molecular weight excluding hydrogens is 536 g/mol. The molecule has 1 aliphatic rings. The molecule has 0 spiro atoms. The number of nitrogens with zero attached hydrogens (tertiary/aromatic N) is 3. The number of hydrogen-bond donors (Lipinski definition) is 0. The van der Waals surface area contributed by atoms with Crippen molar-refractivity contribution in [3.8, 4) is 6.07 Å². The van der Waals surface area contributed by atoms with Crippen molar-refractivity contribution in [3.05, 3.63) is 66.3 Å². The second-order valence-corrected chi connectivity index (χ2v) is 9.06. The fourth-order valence-corrected chi connectivity index (χ4v) is 5.26. The topological polar surface area (TPSA) is 58.3 Å². The van der Waals surface area contributed by atoms with E-state index in [0.29, 0.717) is 53.9 Å². The van der Waals surface area contributed by atoms with Crippen LogP contribution in [0.3, 0.4) is 0 Å². The van der Waals surface area contributed by atoms with Crippen LogP contribution in [0.25, 0.3) is 10.9 Å². The van der Waals surface area contributed by atoms with E-state index in [-0.39, 0.29) is 5.91 Å². The Morgan fingerprint density at radius 2 is 1.93 bits per heavy atom. The van der Waals surface area contributed by atoms with Crippen molar-refractivity contribution in [1.82, 2.24) is 9.47 Å². The highest BCUT2D eigenvalue weighted by atomic mass is 127. The normalized spacial score (nSPS) is 14.2. The van der Waals surface area contributed by atoms with Crippen LogP contribution < -0.4 is 0 Å². The van der Waals surface area contributed by atoms with Gasteiger partial charge in [0.15, 0.2) is 0 Å². The van der Waals surface area contributed by atoms with E-state index in [1.165, 1.54) is 0 Å². The van der Waals surface area contributed by atoms with Gasteiger partial charge in [-0.15, -0.1) is 0 Å². The zero-order valence-corrected chi connectivity index (χ0v) is 19.9. The van der Waals surface area contributed by atoms with Gasteiger partial charge in [-0.2, -0.15) is 5.26 Å². The average Bonchev–Trinajstić information content (AvgIpc) is 3.07. The van der Waals surface area contributed by atoms with Gasteiger partial charge in [0.2, 0.25) is 0 Å². The van der Waals surface area contributed by atoms with Crippen LogP contribution in [-0.4, -0.2) is 41.7 Å². The number of aryl methyl sites for hydroxylation is 1. The molecular formula is C22H18Cl2IN3O2. The lowest BCUT2D eigenvalue weighted by Crippen LogP contribution is -2.41. The molecule has 8 heteroatoms. The number of amides is 1. The van der Waals surface area contributed by atoms with Crippen molar-refractivity contribution in [2.75, 3.05) is 26.3 Å². The molecule has 3 aromatic rings. The Kier molecular flexibility index (Phi) is 6.26. The lowest BCUT2D eigenvalue weighted by molar-refractivity contribution is 0.0302. The molecule has 1 fully saturated rings. The largest absolute Gasteiger partial charge is 0.378 e. The Balaban J connectivity index is 1.73. The second kappa shape index (κ2) is 8.75. The maximum Gasteiger partial charge on any atom is 0.255 e. The lowest BCUT2D eigenvalue weighted by Gasteiger charge is -2.27. The van der Waals surface area contributed by atoms with Crippen LogP contribution in [-0.2, 0) is 18.2 Å². The molecule has 1 amide bonds. The number of hydrogen-bond acceptors (Lipinski definition) is 3. The number of aromatic nitrogens is 1. The number of ether oxygens (including phenoxy) is 1. The fourth-order valence-electron chi connectivity index (χ4n) is 3.72. The summed E-state index contributed by atoms with van der Waals surface area (Å²) in [6.07, 6.45) is 0.546. The molecule has 154 valence electrons. The second-order valence-electron chi connectivity index (χ2n) is 7.17. The zero-order valence-electron chi connectivity index (χ0n) is 16.2. The van der Waals surface area contributed by atoms with Gasteiger partial charge < -0.3 is 14.2 Å². The van der Waals surface area contributed by atoms with Crippen molar-refractivity contribution in [2.45, 2.75) is 6.42 Å². The molecule has 0 N–H and O–H groups in total. The van der Waals surface area contributed by atoms with Crippen LogP contribution in [0.1, 0.15) is 27.2 Å². The van der Waals surface area contributed by atoms with Gasteiger partial charge in [-0.25, -0.2) is 0 Å². The Hall–Kier alpha value is -1.79. The number of benzene rings is 2. The van der Waals surface area contributed by atoms with Crippen LogP contribution in [0, 0.1) is 14.9 Å². The quantitative estimate of drug-likeness (QED) is 0.428. The molecule has 2 aromatic carbocycles. The van der Waals surface area contributed by atoms with Crippen molar-refractivity contribution in [3.63, 3.8) is 0 Å². The van der Waals surface area contributed by atoms with Gasteiger partial charge in [0.25, 0.3) is 5.91 Å². The molecule has 0 atom stereocenters. The molecule has 30 heavy (non-hydrogen) atoms. The van der Waals surface area contributed by atoms with E-state index in [1.807, 2.05) is 28.6 Å². The molecule has 4 rings (SSSR count). The highest BCUT2D eigenvalue weighted by Crippen LogP contribution is 2.32. The lowest BCUT2D eigenvalue weighted by atomic mass is 10.0. The Morgan fingerprint density at radius 3 is 2.63 bits per heavy atom. The molecule has 0 saturated carbocycles. The summed E-state index contributed by atoms with van der Waals surface area (Å²) in [5, 5.41) is 11.3. The van der Waals surface area contributed by atoms with E-state index in [0.717, 1.165) is 25.7 Å². The van der Waals surface area contributed by atoms with Crippen LogP contribution in [0.4, 0.5) is 0 Å². The highest BCUT2D eigenvalue weighted by Gasteiger charge is 2.23. The maximum atomic E-state index is 13.0. The zero-order chi connectivity index (χ0) is 21.4. The first-order valence-electron chi connectivity index (χ1n) is 9.42. The number of fused-ring (bicyclic) bond motifs is 1. The molecule has 0 unspecified atom stereocenters. The monoisotopic (exact) mass is 553 g/mol. The third-order valence-electron chi connectivity index (χ3n) is 5.41. The van der Waals surface area contributed by atoms with E-state index in [1.54, 1.807) is 18.2 Å². The predicted molar refractivity (Wildman–Crippen MR) is 126 cm³/mol. The van der Waals surface area contributed by atoms with E-state index < -0.39 is 0 Å². The van der Waals surface area contributed by atoms with Gasteiger partial charge in [-0.05, 0) is 58.5 Å². The van der Waals surface area contributed by atoms with Crippen LogP contribution in [0.2, 0.25) is 10.0 Å². The number of morpholine rings is 1. The molecule has 0 aliphatic carbocycles. The summed E-state index contributed by atoms with van der Waals surface area (Å²) in [4.78, 5) is 14.8. The number of halogens is 3. The molecule has 5 nitrogen and oxygen atoms in total. The first kappa shape index (κ1) is 21.4. The number of carbonyl (C=O) groups excluding carboxylic acids is 1. The van der Waals surface area contributed by atoms with E-state index in [9.17, 15) is 10.1 Å². The summed E-state index contributed by atoms with van der Waals surface area (Å²) in [5.41, 5.74) is 3.96. The van der Waals surface area contributed by atoms with Crippen LogP contribution in [0.15, 0.2) is 30.3 Å². The highest BCUT2D eigenvalue weighted by molar-refractivity contribution is 14.1. The van der Waals surface area contributed by atoms with Gasteiger partial charge in [0, 0.05) is 46.2 Å². The molecule has 1 aromatic heterocycles. The molecule has 2 heterocycles. The maximum absolute atomic E-state index is 13.0. The third kappa shape index (κ3) is 3.92. The minimum atomic E-state index is -0.000588. The standard InChI is InChI=1S/C22H18Cl2IN3O2/c1-27-14(10-16-19(24)8-13(12-26)9-20(16)27)11-17-18(23)3-2-15(21(17)25)22(29)28-4-6-30-7-5-28/h2-3,8-10H,4-7,11H2,1H3. The fraction of sp³-hybridized carbons (Fsp3) is 0.273. The number of carbonyl (C=O) groups is 1. The summed E-state index contributed by atoms with van der Waals surface area (Å²) >= 11 is 15.1. The SMILES string of the molecule is Cn1c(Cc2c(Cl)ccc(C(=O)N3CCOCC3)c2I)cc2c(Cl)cc(C#N)cc21.